The van der Waals surface area contributed by atoms with Gasteiger partial charge < -0.3 is 10.6 Å². The lowest BCUT2D eigenvalue weighted by Crippen LogP contribution is -2.48. The second kappa shape index (κ2) is 10.6. The summed E-state index contributed by atoms with van der Waals surface area (Å²) in [4.78, 5) is 27.2. The number of nitrogens with zero attached hydrogens (tertiary/aromatic N) is 3. The van der Waals surface area contributed by atoms with Crippen molar-refractivity contribution in [3.63, 3.8) is 0 Å². The van der Waals surface area contributed by atoms with Crippen LogP contribution in [-0.2, 0) is 16.1 Å². The highest BCUT2D eigenvalue weighted by molar-refractivity contribution is 5.91. The van der Waals surface area contributed by atoms with E-state index in [2.05, 4.69) is 20.6 Å². The third-order valence-electron chi connectivity index (χ3n) is 6.44. The molecule has 2 aliphatic rings. The number of likely N-dealkylation sites (tertiary alicyclic amines) is 1. The Hall–Kier alpha value is -2.67. The molecule has 0 radical (unpaired) electrons. The van der Waals surface area contributed by atoms with Gasteiger partial charge in [-0.15, -0.1) is 0 Å². The number of hydrogen-bond acceptors (Lipinski definition) is 4. The van der Waals surface area contributed by atoms with Gasteiger partial charge in [-0.3, -0.25) is 14.5 Å². The number of nitrogens with one attached hydrogen (secondary N) is 2. The van der Waals surface area contributed by atoms with Crippen LogP contribution >= 0.6 is 0 Å². The first-order chi connectivity index (χ1) is 15.2. The van der Waals surface area contributed by atoms with Gasteiger partial charge in [0.1, 0.15) is 5.82 Å². The van der Waals surface area contributed by atoms with Crippen LogP contribution in [0.15, 0.2) is 42.6 Å². The average Bonchev–Trinajstić information content (AvgIpc) is 3.22. The van der Waals surface area contributed by atoms with Crippen LogP contribution in [0.25, 0.3) is 0 Å². The standard InChI is InChI=1S/C24H33N5O2/c30-23(27-22-11-14-25-29(22)17-19-7-3-1-4-8-19)18-28-15-12-21(13-16-28)26-24(31)20-9-5-2-6-10-20/h1,3-4,7-8,11,14,20-21H,2,5-6,9-10,12-13,15-18H2,(H,26,31)(H,27,30). The highest BCUT2D eigenvalue weighted by Gasteiger charge is 2.26. The summed E-state index contributed by atoms with van der Waals surface area (Å²) >= 11 is 0. The van der Waals surface area contributed by atoms with Gasteiger partial charge in [-0.1, -0.05) is 49.6 Å². The second-order valence-electron chi connectivity index (χ2n) is 8.80. The minimum atomic E-state index is -0.0282. The Morgan fingerprint density at radius 3 is 2.45 bits per heavy atom. The maximum absolute atomic E-state index is 12.6. The van der Waals surface area contributed by atoms with Crippen molar-refractivity contribution in [3.8, 4) is 0 Å². The van der Waals surface area contributed by atoms with Crippen LogP contribution in [0.1, 0.15) is 50.5 Å². The van der Waals surface area contributed by atoms with Gasteiger partial charge in [0.05, 0.1) is 19.3 Å². The Balaban J connectivity index is 1.20. The second-order valence-corrected chi connectivity index (χ2v) is 8.80. The van der Waals surface area contributed by atoms with Crippen molar-refractivity contribution < 1.29 is 9.59 Å². The molecule has 1 saturated heterocycles. The van der Waals surface area contributed by atoms with E-state index in [4.69, 9.17) is 0 Å². The molecule has 7 heteroatoms. The molecule has 0 unspecified atom stereocenters. The lowest BCUT2D eigenvalue weighted by molar-refractivity contribution is -0.127. The molecule has 1 aromatic heterocycles. The zero-order valence-corrected chi connectivity index (χ0v) is 18.1. The van der Waals surface area contributed by atoms with Crippen LogP contribution in [0.5, 0.6) is 0 Å². The first kappa shape index (κ1) is 21.6. The zero-order valence-electron chi connectivity index (χ0n) is 18.1. The van der Waals surface area contributed by atoms with Gasteiger partial charge in [-0.05, 0) is 31.2 Å². The molecular formula is C24H33N5O2. The maximum atomic E-state index is 12.6. The summed E-state index contributed by atoms with van der Waals surface area (Å²) in [5.41, 5.74) is 1.14. The minimum absolute atomic E-state index is 0.0282. The van der Waals surface area contributed by atoms with E-state index in [1.54, 1.807) is 10.9 Å². The van der Waals surface area contributed by atoms with Crippen LogP contribution in [0.3, 0.4) is 0 Å². The number of carbonyl (C=O) groups is 2. The molecule has 166 valence electrons. The highest BCUT2D eigenvalue weighted by atomic mass is 16.2. The van der Waals surface area contributed by atoms with Crippen molar-refractivity contribution in [3.05, 3.63) is 48.2 Å². The molecule has 2 amide bonds. The molecular weight excluding hydrogens is 390 g/mol. The fourth-order valence-electron chi connectivity index (χ4n) is 4.63. The normalized spacial score (nSPS) is 18.6. The summed E-state index contributed by atoms with van der Waals surface area (Å²) in [6.45, 7) is 2.63. The molecule has 7 nitrogen and oxygen atoms in total. The largest absolute Gasteiger partial charge is 0.353 e. The molecule has 4 rings (SSSR count). The molecule has 2 fully saturated rings. The van der Waals surface area contributed by atoms with E-state index in [0.29, 0.717) is 18.9 Å². The maximum Gasteiger partial charge on any atom is 0.239 e. The Kier molecular flexibility index (Phi) is 7.35. The van der Waals surface area contributed by atoms with Crippen LogP contribution in [0.4, 0.5) is 5.82 Å². The number of carbonyl (C=O) groups excluding carboxylic acids is 2. The predicted octanol–water partition coefficient (Wildman–Crippen LogP) is 3.03. The smallest absolute Gasteiger partial charge is 0.239 e. The lowest BCUT2D eigenvalue weighted by Gasteiger charge is -2.33. The van der Waals surface area contributed by atoms with Crippen LogP contribution in [0, 0.1) is 5.92 Å². The van der Waals surface area contributed by atoms with Crippen molar-refractivity contribution in [2.24, 2.45) is 5.92 Å². The van der Waals surface area contributed by atoms with E-state index < -0.39 is 0 Å². The summed E-state index contributed by atoms with van der Waals surface area (Å²) in [5.74, 6) is 1.13. The molecule has 2 aromatic rings. The van der Waals surface area contributed by atoms with Crippen molar-refractivity contribution in [2.75, 3.05) is 25.0 Å². The van der Waals surface area contributed by atoms with Gasteiger partial charge in [-0.25, -0.2) is 4.68 Å². The molecule has 1 saturated carbocycles. The van der Waals surface area contributed by atoms with E-state index in [0.717, 1.165) is 44.3 Å². The van der Waals surface area contributed by atoms with Gasteiger partial charge >= 0.3 is 0 Å². The van der Waals surface area contributed by atoms with E-state index >= 15 is 0 Å². The monoisotopic (exact) mass is 423 g/mol. The van der Waals surface area contributed by atoms with E-state index in [9.17, 15) is 9.59 Å². The van der Waals surface area contributed by atoms with Crippen LogP contribution in [-0.4, -0.2) is 52.2 Å². The summed E-state index contributed by atoms with van der Waals surface area (Å²) in [6.07, 6.45) is 9.19. The summed E-state index contributed by atoms with van der Waals surface area (Å²) in [5, 5.41) is 10.6. The first-order valence-electron chi connectivity index (χ1n) is 11.6. The molecule has 0 spiro atoms. The molecule has 1 aromatic carbocycles. The zero-order chi connectivity index (χ0) is 21.5. The Labute approximate surface area is 184 Å². The van der Waals surface area contributed by atoms with Crippen LogP contribution in [0.2, 0.25) is 0 Å². The van der Waals surface area contributed by atoms with E-state index in [-0.39, 0.29) is 23.8 Å². The lowest BCUT2D eigenvalue weighted by atomic mass is 9.88. The van der Waals surface area contributed by atoms with Gasteiger partial charge in [0, 0.05) is 31.1 Å². The Morgan fingerprint density at radius 1 is 0.968 bits per heavy atom. The number of rotatable bonds is 7. The minimum Gasteiger partial charge on any atom is -0.353 e. The number of amides is 2. The van der Waals surface area contributed by atoms with Crippen molar-refractivity contribution >= 4 is 17.6 Å². The average molecular weight is 424 g/mol. The molecule has 0 atom stereocenters. The van der Waals surface area contributed by atoms with Crippen LogP contribution < -0.4 is 10.6 Å². The van der Waals surface area contributed by atoms with Gasteiger partial charge in [0.15, 0.2) is 0 Å². The Bertz CT molecular complexity index is 852. The molecule has 1 aliphatic carbocycles. The number of piperidine rings is 1. The van der Waals surface area contributed by atoms with Gasteiger partial charge in [0.2, 0.25) is 11.8 Å². The predicted molar refractivity (Wildman–Crippen MR) is 121 cm³/mol. The number of aromatic nitrogens is 2. The molecule has 31 heavy (non-hydrogen) atoms. The highest BCUT2D eigenvalue weighted by Crippen LogP contribution is 2.24. The molecule has 0 bridgehead atoms. The summed E-state index contributed by atoms with van der Waals surface area (Å²) in [7, 11) is 0. The van der Waals surface area contributed by atoms with Crippen molar-refractivity contribution in [1.29, 1.82) is 0 Å². The van der Waals surface area contributed by atoms with E-state index in [1.807, 2.05) is 36.4 Å². The van der Waals surface area contributed by atoms with Gasteiger partial charge in [0.25, 0.3) is 0 Å². The van der Waals surface area contributed by atoms with Crippen molar-refractivity contribution in [2.45, 2.75) is 57.5 Å². The molecule has 2 N–H and O–H groups in total. The third-order valence-corrected chi connectivity index (χ3v) is 6.44. The Morgan fingerprint density at radius 2 is 1.71 bits per heavy atom. The fraction of sp³-hybridized carbons (Fsp3) is 0.542. The summed E-state index contributed by atoms with van der Waals surface area (Å²) < 4.78 is 1.81. The van der Waals surface area contributed by atoms with Gasteiger partial charge in [-0.2, -0.15) is 5.10 Å². The fourth-order valence-corrected chi connectivity index (χ4v) is 4.63. The molecule has 1 aliphatic heterocycles. The topological polar surface area (TPSA) is 79.3 Å². The first-order valence-corrected chi connectivity index (χ1v) is 11.6. The number of benzene rings is 1. The quantitative estimate of drug-likeness (QED) is 0.718. The summed E-state index contributed by atoms with van der Waals surface area (Å²) in [6, 6.07) is 12.1. The molecule has 2 heterocycles. The van der Waals surface area contributed by atoms with Crippen molar-refractivity contribution in [1.82, 2.24) is 20.0 Å². The SMILES string of the molecule is O=C(CN1CCC(NC(=O)C2CCCCC2)CC1)Nc1ccnn1Cc1ccccc1. The number of hydrogen-bond donors (Lipinski definition) is 2. The third kappa shape index (κ3) is 6.17. The number of anilines is 1. The van der Waals surface area contributed by atoms with E-state index in [1.165, 1.54) is 19.3 Å².